The number of hydrogen-bond acceptors (Lipinski definition) is 2. The molecule has 112 valence electrons. The van der Waals surface area contributed by atoms with Gasteiger partial charge in [-0.2, -0.15) is 0 Å². The van der Waals surface area contributed by atoms with E-state index in [0.29, 0.717) is 32.2 Å². The van der Waals surface area contributed by atoms with Crippen LogP contribution in [0.5, 0.6) is 0 Å². The Balaban J connectivity index is 2.01. The molecule has 3 nitrogen and oxygen atoms in total. The number of halogens is 2. The third-order valence-corrected chi connectivity index (χ3v) is 4.48. The summed E-state index contributed by atoms with van der Waals surface area (Å²) in [5.74, 6) is -0.799. The average Bonchev–Trinajstić information content (AvgIpc) is 2.56. The molecule has 0 N–H and O–H groups in total. The van der Waals surface area contributed by atoms with Crippen molar-refractivity contribution in [2.24, 2.45) is 0 Å². The molecule has 2 amide bonds. The predicted octanol–water partition coefficient (Wildman–Crippen LogP) is 4.95. The molecule has 1 aliphatic rings. The van der Waals surface area contributed by atoms with Crippen molar-refractivity contribution in [3.63, 3.8) is 0 Å². The summed E-state index contributed by atoms with van der Waals surface area (Å²) < 4.78 is 0. The highest BCUT2D eigenvalue weighted by molar-refractivity contribution is 6.41. The summed E-state index contributed by atoms with van der Waals surface area (Å²) in [6.07, 6.45) is 0. The first-order valence-corrected chi connectivity index (χ1v) is 7.69. The monoisotopic (exact) mass is 341 g/mol. The largest absolute Gasteiger partial charge is 0.268 e. The summed E-state index contributed by atoms with van der Waals surface area (Å²) in [7, 11) is 0. The van der Waals surface area contributed by atoms with Gasteiger partial charge in [-0.25, -0.2) is 4.90 Å². The summed E-state index contributed by atoms with van der Waals surface area (Å²) >= 11 is 12.2. The molecule has 0 bridgehead atoms. The van der Waals surface area contributed by atoms with Gasteiger partial charge in [-0.3, -0.25) is 9.59 Å². The third-order valence-electron chi connectivity index (χ3n) is 3.92. The zero-order valence-corrected chi connectivity index (χ0v) is 13.2. The number of carbonyl (C=O) groups is 2. The number of hydrogen-bond donors (Lipinski definition) is 0. The van der Waals surface area contributed by atoms with Gasteiger partial charge in [0.1, 0.15) is 0 Å². The standard InChI is InChI=1S/C18H9Cl2NO2/c19-11-7-8-14(20)15(9-11)21-17(22)12-5-1-3-10-4-2-6-13(16(10)12)18(21)23/h1-9H. The number of imide groups is 1. The van der Waals surface area contributed by atoms with Crippen molar-refractivity contribution in [2.75, 3.05) is 4.90 Å². The van der Waals surface area contributed by atoms with Crippen molar-refractivity contribution < 1.29 is 9.59 Å². The molecular formula is C18H9Cl2NO2. The molecule has 1 heterocycles. The maximum absolute atomic E-state index is 12.9. The van der Waals surface area contributed by atoms with Crippen molar-refractivity contribution in [3.8, 4) is 0 Å². The van der Waals surface area contributed by atoms with Crippen LogP contribution in [-0.4, -0.2) is 11.8 Å². The molecule has 0 unspecified atom stereocenters. The van der Waals surface area contributed by atoms with Crippen LogP contribution in [0.4, 0.5) is 5.69 Å². The van der Waals surface area contributed by atoms with Crippen LogP contribution < -0.4 is 4.90 Å². The molecule has 23 heavy (non-hydrogen) atoms. The zero-order valence-electron chi connectivity index (χ0n) is 11.7. The molecule has 1 aliphatic heterocycles. The van der Waals surface area contributed by atoms with Crippen LogP contribution in [0.3, 0.4) is 0 Å². The number of nitrogens with zero attached hydrogens (tertiary/aromatic N) is 1. The molecule has 0 spiro atoms. The first kappa shape index (κ1) is 14.2. The van der Waals surface area contributed by atoms with Gasteiger partial charge < -0.3 is 0 Å². The second-order valence-electron chi connectivity index (χ2n) is 5.25. The Labute approximate surface area is 142 Å². The summed E-state index contributed by atoms with van der Waals surface area (Å²) in [4.78, 5) is 26.9. The Hall–Kier alpha value is -2.36. The highest BCUT2D eigenvalue weighted by Gasteiger charge is 2.34. The molecule has 5 heteroatoms. The van der Waals surface area contributed by atoms with Crippen molar-refractivity contribution in [1.29, 1.82) is 0 Å². The van der Waals surface area contributed by atoms with Crippen LogP contribution in [0, 0.1) is 0 Å². The molecular weight excluding hydrogens is 333 g/mol. The summed E-state index contributed by atoms with van der Waals surface area (Å²) in [5, 5.41) is 2.24. The van der Waals surface area contributed by atoms with Gasteiger partial charge in [0.05, 0.1) is 10.7 Å². The molecule has 0 saturated carbocycles. The maximum Gasteiger partial charge on any atom is 0.266 e. The van der Waals surface area contributed by atoms with Crippen LogP contribution >= 0.6 is 23.2 Å². The fourth-order valence-corrected chi connectivity index (χ4v) is 3.27. The Kier molecular flexibility index (Phi) is 3.15. The van der Waals surface area contributed by atoms with Gasteiger partial charge in [-0.15, -0.1) is 0 Å². The van der Waals surface area contributed by atoms with E-state index >= 15 is 0 Å². The van der Waals surface area contributed by atoms with E-state index in [1.165, 1.54) is 6.07 Å². The van der Waals surface area contributed by atoms with Gasteiger partial charge in [0.15, 0.2) is 0 Å². The van der Waals surface area contributed by atoms with E-state index in [1.54, 1.807) is 36.4 Å². The minimum atomic E-state index is -0.400. The second-order valence-corrected chi connectivity index (χ2v) is 6.09. The predicted molar refractivity (Wildman–Crippen MR) is 91.6 cm³/mol. The number of benzene rings is 3. The van der Waals surface area contributed by atoms with E-state index in [-0.39, 0.29) is 0 Å². The molecule has 0 atom stereocenters. The molecule has 0 fully saturated rings. The van der Waals surface area contributed by atoms with E-state index in [0.717, 1.165) is 10.3 Å². The second kappa shape index (κ2) is 5.08. The molecule has 4 rings (SSSR count). The zero-order chi connectivity index (χ0) is 16.1. The lowest BCUT2D eigenvalue weighted by Gasteiger charge is -2.27. The van der Waals surface area contributed by atoms with E-state index in [2.05, 4.69) is 0 Å². The van der Waals surface area contributed by atoms with E-state index in [4.69, 9.17) is 23.2 Å². The van der Waals surface area contributed by atoms with Crippen LogP contribution in [0.25, 0.3) is 10.8 Å². The minimum Gasteiger partial charge on any atom is -0.268 e. The van der Waals surface area contributed by atoms with Gasteiger partial charge in [0.2, 0.25) is 0 Å². The van der Waals surface area contributed by atoms with E-state index in [1.807, 2.05) is 12.1 Å². The number of carbonyl (C=O) groups excluding carboxylic acids is 2. The fourth-order valence-electron chi connectivity index (χ4n) is 2.91. The van der Waals surface area contributed by atoms with Gasteiger partial charge >= 0.3 is 0 Å². The molecule has 3 aromatic rings. The lowest BCUT2D eigenvalue weighted by atomic mass is 9.94. The quantitative estimate of drug-likeness (QED) is 0.587. The van der Waals surface area contributed by atoms with Gasteiger partial charge in [0.25, 0.3) is 11.8 Å². The van der Waals surface area contributed by atoms with Gasteiger partial charge in [-0.1, -0.05) is 47.5 Å². The molecule has 0 radical (unpaired) electrons. The summed E-state index contributed by atoms with van der Waals surface area (Å²) in [6, 6.07) is 15.5. The van der Waals surface area contributed by atoms with Gasteiger partial charge in [0, 0.05) is 21.5 Å². The average molecular weight is 342 g/mol. The topological polar surface area (TPSA) is 37.4 Å². The normalized spacial score (nSPS) is 13.7. The van der Waals surface area contributed by atoms with Crippen LogP contribution in [0.15, 0.2) is 54.6 Å². The Morgan fingerprint density at radius 1 is 0.783 bits per heavy atom. The number of anilines is 1. The van der Waals surface area contributed by atoms with Crippen molar-refractivity contribution >= 4 is 51.5 Å². The molecule has 3 aromatic carbocycles. The van der Waals surface area contributed by atoms with Crippen molar-refractivity contribution in [3.05, 3.63) is 75.8 Å². The number of rotatable bonds is 1. The van der Waals surface area contributed by atoms with Crippen LogP contribution in [0.2, 0.25) is 10.0 Å². The van der Waals surface area contributed by atoms with Crippen molar-refractivity contribution in [1.82, 2.24) is 0 Å². The first-order chi connectivity index (χ1) is 11.1. The highest BCUT2D eigenvalue weighted by Crippen LogP contribution is 2.36. The smallest absolute Gasteiger partial charge is 0.266 e. The van der Waals surface area contributed by atoms with Gasteiger partial charge in [-0.05, 0) is 35.7 Å². The van der Waals surface area contributed by atoms with E-state index < -0.39 is 11.8 Å². The Morgan fingerprint density at radius 2 is 1.39 bits per heavy atom. The third kappa shape index (κ3) is 2.05. The lowest BCUT2D eigenvalue weighted by Crippen LogP contribution is -2.40. The minimum absolute atomic E-state index is 0.292. The van der Waals surface area contributed by atoms with Crippen molar-refractivity contribution in [2.45, 2.75) is 0 Å². The summed E-state index contributed by atoms with van der Waals surface area (Å²) in [5.41, 5.74) is 1.25. The SMILES string of the molecule is O=C1c2cccc3cccc(c23)C(=O)N1c1cc(Cl)ccc1Cl. The number of amides is 2. The molecule has 0 aliphatic carbocycles. The molecule has 0 aromatic heterocycles. The van der Waals surface area contributed by atoms with Crippen LogP contribution in [0.1, 0.15) is 20.7 Å². The lowest BCUT2D eigenvalue weighted by molar-refractivity contribution is 0.0893. The molecule has 0 saturated heterocycles. The maximum atomic E-state index is 12.9. The van der Waals surface area contributed by atoms with Crippen LogP contribution in [-0.2, 0) is 0 Å². The fraction of sp³-hybridized carbons (Fsp3) is 0. The highest BCUT2D eigenvalue weighted by atomic mass is 35.5. The Bertz CT molecular complexity index is 947. The Morgan fingerprint density at radius 3 is 2.00 bits per heavy atom. The van der Waals surface area contributed by atoms with E-state index in [9.17, 15) is 9.59 Å². The summed E-state index contributed by atoms with van der Waals surface area (Å²) in [6.45, 7) is 0. The first-order valence-electron chi connectivity index (χ1n) is 6.93.